The number of carbonyl (C=O) groups excluding carboxylic acids is 2. The lowest BCUT2D eigenvalue weighted by Crippen LogP contribution is -2.27. The van der Waals surface area contributed by atoms with Gasteiger partial charge in [0.05, 0.1) is 13.2 Å². The van der Waals surface area contributed by atoms with Gasteiger partial charge in [-0.2, -0.15) is 0 Å². The molecular weight excluding hydrogens is 284 g/mol. The normalized spacial score (nSPS) is 10.5. The molecule has 22 heavy (non-hydrogen) atoms. The summed E-state index contributed by atoms with van der Waals surface area (Å²) < 4.78 is 10.2. The van der Waals surface area contributed by atoms with Gasteiger partial charge in [0.2, 0.25) is 11.8 Å². The summed E-state index contributed by atoms with van der Waals surface area (Å²) in [5.74, 6) is 0.0334. The first-order chi connectivity index (χ1) is 10.7. The van der Waals surface area contributed by atoms with Gasteiger partial charge < -0.3 is 20.1 Å². The summed E-state index contributed by atoms with van der Waals surface area (Å²) in [4.78, 5) is 23.1. The Morgan fingerprint density at radius 1 is 0.818 bits per heavy atom. The molecule has 0 aliphatic carbocycles. The van der Waals surface area contributed by atoms with Crippen LogP contribution in [0.5, 0.6) is 0 Å². The highest BCUT2D eigenvalue weighted by Crippen LogP contribution is 1.97. The van der Waals surface area contributed by atoms with Crippen LogP contribution in [0.1, 0.15) is 51.9 Å². The van der Waals surface area contributed by atoms with Crippen LogP contribution in [-0.2, 0) is 19.1 Å². The second-order valence-corrected chi connectivity index (χ2v) is 5.22. The Kier molecular flexibility index (Phi) is 15.4. The molecule has 0 spiro atoms. The molecular formula is C16H32N2O4. The zero-order chi connectivity index (χ0) is 16.5. The van der Waals surface area contributed by atoms with E-state index in [9.17, 15) is 9.59 Å². The summed E-state index contributed by atoms with van der Waals surface area (Å²) in [7, 11) is 1.63. The summed E-state index contributed by atoms with van der Waals surface area (Å²) in [6, 6.07) is 0. The Labute approximate surface area is 134 Å². The lowest BCUT2D eigenvalue weighted by atomic mass is 10.2. The second kappa shape index (κ2) is 16.2. The molecule has 6 heteroatoms. The van der Waals surface area contributed by atoms with E-state index in [2.05, 4.69) is 17.6 Å². The molecule has 0 saturated heterocycles. The summed E-state index contributed by atoms with van der Waals surface area (Å²) >= 11 is 0. The Hall–Kier alpha value is -1.14. The van der Waals surface area contributed by atoms with Gasteiger partial charge >= 0.3 is 0 Å². The molecule has 2 N–H and O–H groups in total. The lowest BCUT2D eigenvalue weighted by molar-refractivity contribution is -0.122. The van der Waals surface area contributed by atoms with Crippen LogP contribution in [0.4, 0.5) is 0 Å². The van der Waals surface area contributed by atoms with Crippen molar-refractivity contribution in [2.75, 3.05) is 40.0 Å². The number of hydrogen-bond acceptors (Lipinski definition) is 4. The predicted molar refractivity (Wildman–Crippen MR) is 86.7 cm³/mol. The minimum atomic E-state index is -0.00401. The fourth-order valence-electron chi connectivity index (χ4n) is 1.84. The molecule has 0 aromatic heterocycles. The van der Waals surface area contributed by atoms with Crippen molar-refractivity contribution >= 4 is 11.8 Å². The van der Waals surface area contributed by atoms with E-state index in [4.69, 9.17) is 9.47 Å². The number of methoxy groups -OCH3 is 1. The molecule has 0 aromatic carbocycles. The number of rotatable bonds is 15. The van der Waals surface area contributed by atoms with E-state index in [1.807, 2.05) is 0 Å². The fraction of sp³-hybridized carbons (Fsp3) is 0.875. The van der Waals surface area contributed by atoms with Crippen LogP contribution in [0.3, 0.4) is 0 Å². The highest BCUT2D eigenvalue weighted by atomic mass is 16.5. The molecule has 0 rings (SSSR count). The molecule has 0 saturated carbocycles. The van der Waals surface area contributed by atoms with Crippen molar-refractivity contribution in [2.45, 2.75) is 51.9 Å². The average molecular weight is 316 g/mol. The highest BCUT2D eigenvalue weighted by molar-refractivity contribution is 5.78. The van der Waals surface area contributed by atoms with Crippen molar-refractivity contribution in [3.8, 4) is 0 Å². The topological polar surface area (TPSA) is 76.7 Å². The van der Waals surface area contributed by atoms with Crippen molar-refractivity contribution in [1.29, 1.82) is 0 Å². The van der Waals surface area contributed by atoms with Crippen LogP contribution in [0.2, 0.25) is 0 Å². The lowest BCUT2D eigenvalue weighted by Gasteiger charge is -2.07. The van der Waals surface area contributed by atoms with E-state index >= 15 is 0 Å². The molecule has 0 aliphatic heterocycles. The van der Waals surface area contributed by atoms with Gasteiger partial charge in [0.25, 0.3) is 0 Å². The maximum Gasteiger partial charge on any atom is 0.220 e. The van der Waals surface area contributed by atoms with Crippen LogP contribution in [0.15, 0.2) is 0 Å². The van der Waals surface area contributed by atoms with Gasteiger partial charge in [-0.05, 0) is 19.3 Å². The molecule has 0 atom stereocenters. The van der Waals surface area contributed by atoms with E-state index in [1.165, 1.54) is 0 Å². The minimum Gasteiger partial charge on any atom is -0.382 e. The first-order valence-electron chi connectivity index (χ1n) is 8.30. The summed E-state index contributed by atoms with van der Waals surface area (Å²) in [5, 5.41) is 5.70. The second-order valence-electron chi connectivity index (χ2n) is 5.22. The zero-order valence-electron chi connectivity index (χ0n) is 14.1. The summed E-state index contributed by atoms with van der Waals surface area (Å²) in [6.45, 7) is 5.26. The third-order valence-corrected chi connectivity index (χ3v) is 3.13. The van der Waals surface area contributed by atoms with Crippen molar-refractivity contribution in [1.82, 2.24) is 10.6 Å². The molecule has 0 radical (unpaired) electrons. The van der Waals surface area contributed by atoms with Gasteiger partial charge in [-0.3, -0.25) is 9.59 Å². The summed E-state index contributed by atoms with van der Waals surface area (Å²) in [6.07, 6.45) is 5.50. The number of nitrogens with one attached hydrogen (secondary N) is 2. The van der Waals surface area contributed by atoms with Gasteiger partial charge in [-0.25, -0.2) is 0 Å². The van der Waals surface area contributed by atoms with E-state index in [1.54, 1.807) is 7.11 Å². The maximum absolute atomic E-state index is 11.6. The molecule has 0 fully saturated rings. The van der Waals surface area contributed by atoms with Crippen LogP contribution >= 0.6 is 0 Å². The van der Waals surface area contributed by atoms with E-state index in [-0.39, 0.29) is 11.8 Å². The molecule has 0 unspecified atom stereocenters. The zero-order valence-corrected chi connectivity index (χ0v) is 14.1. The van der Waals surface area contributed by atoms with Crippen molar-refractivity contribution in [2.24, 2.45) is 0 Å². The first-order valence-corrected chi connectivity index (χ1v) is 8.30. The molecule has 0 bridgehead atoms. The Morgan fingerprint density at radius 2 is 1.45 bits per heavy atom. The average Bonchev–Trinajstić information content (AvgIpc) is 2.51. The number of hydrogen-bond donors (Lipinski definition) is 2. The first kappa shape index (κ1) is 20.9. The largest absolute Gasteiger partial charge is 0.382 e. The van der Waals surface area contributed by atoms with Gasteiger partial charge in [0, 0.05) is 39.6 Å². The Balaban J connectivity index is 3.33. The number of amides is 2. The maximum atomic E-state index is 11.6. The number of ether oxygens (including phenoxy) is 2. The summed E-state index contributed by atoms with van der Waals surface area (Å²) in [5.41, 5.74) is 0. The van der Waals surface area contributed by atoms with Gasteiger partial charge in [-0.15, -0.1) is 0 Å². The minimum absolute atomic E-state index is 0.00401. The Morgan fingerprint density at radius 3 is 2.05 bits per heavy atom. The van der Waals surface area contributed by atoms with E-state index < -0.39 is 0 Å². The molecule has 0 aromatic rings. The molecule has 0 aliphatic rings. The van der Waals surface area contributed by atoms with Crippen LogP contribution in [0.25, 0.3) is 0 Å². The van der Waals surface area contributed by atoms with Crippen LogP contribution in [0, 0.1) is 0 Å². The highest BCUT2D eigenvalue weighted by Gasteiger charge is 2.04. The number of unbranched alkanes of at least 4 members (excludes halogenated alkanes) is 2. The standard InChI is InChI=1S/C16H32N2O4/c1-3-4-5-10-17-15(19)8-6-9-16(20)18-11-7-12-22-14-13-21-2/h3-14H2,1-2H3,(H,17,19)(H,18,20). The van der Waals surface area contributed by atoms with E-state index in [0.717, 1.165) is 32.2 Å². The third-order valence-electron chi connectivity index (χ3n) is 3.13. The molecule has 6 nitrogen and oxygen atoms in total. The fourth-order valence-corrected chi connectivity index (χ4v) is 1.84. The van der Waals surface area contributed by atoms with E-state index in [0.29, 0.717) is 45.6 Å². The predicted octanol–water partition coefficient (Wildman–Crippen LogP) is 1.63. The Bertz CT molecular complexity index is 285. The van der Waals surface area contributed by atoms with Gasteiger partial charge in [-0.1, -0.05) is 19.8 Å². The van der Waals surface area contributed by atoms with Crippen molar-refractivity contribution < 1.29 is 19.1 Å². The van der Waals surface area contributed by atoms with Crippen LogP contribution in [-0.4, -0.2) is 51.8 Å². The smallest absolute Gasteiger partial charge is 0.220 e. The van der Waals surface area contributed by atoms with Crippen molar-refractivity contribution in [3.05, 3.63) is 0 Å². The quantitative estimate of drug-likeness (QED) is 0.450. The number of carbonyl (C=O) groups is 2. The van der Waals surface area contributed by atoms with Gasteiger partial charge in [0.15, 0.2) is 0 Å². The SMILES string of the molecule is CCCCCNC(=O)CCCC(=O)NCCCOCCOC. The van der Waals surface area contributed by atoms with Crippen molar-refractivity contribution in [3.63, 3.8) is 0 Å². The van der Waals surface area contributed by atoms with Crippen LogP contribution < -0.4 is 10.6 Å². The molecule has 0 heterocycles. The molecule has 2 amide bonds. The van der Waals surface area contributed by atoms with Gasteiger partial charge in [0.1, 0.15) is 0 Å². The molecule has 130 valence electrons. The monoisotopic (exact) mass is 316 g/mol. The third kappa shape index (κ3) is 15.3.